The van der Waals surface area contributed by atoms with Crippen LogP contribution in [0.3, 0.4) is 0 Å². The summed E-state index contributed by atoms with van der Waals surface area (Å²) < 4.78 is 13.8. The molecular weight excluding hydrogens is 323 g/mol. The lowest BCUT2D eigenvalue weighted by Crippen LogP contribution is -2.04. The summed E-state index contributed by atoms with van der Waals surface area (Å²) in [6, 6.07) is 4.26. The quantitative estimate of drug-likeness (QED) is 0.824. The van der Waals surface area contributed by atoms with Crippen molar-refractivity contribution < 1.29 is 4.39 Å². The maximum absolute atomic E-state index is 13.2. The molecule has 2 aromatic rings. The Morgan fingerprint density at radius 3 is 2.83 bits per heavy atom. The molecule has 2 rings (SSSR count). The number of aryl methyl sites for hydroxylation is 1. The second-order valence-electron chi connectivity index (χ2n) is 3.59. The molecule has 0 amide bonds. The molecule has 0 aliphatic rings. The van der Waals surface area contributed by atoms with E-state index >= 15 is 0 Å². The van der Waals surface area contributed by atoms with Crippen LogP contribution in [0.15, 0.2) is 22.7 Å². The number of rotatable bonds is 2. The van der Waals surface area contributed by atoms with Crippen LogP contribution in [0.25, 0.3) is 0 Å². The van der Waals surface area contributed by atoms with Crippen LogP contribution in [0.1, 0.15) is 5.69 Å². The number of aromatic nitrogens is 2. The molecule has 0 aliphatic heterocycles. The number of hydrogen-bond donors (Lipinski definition) is 2. The molecule has 0 fully saturated rings. The van der Waals surface area contributed by atoms with Crippen LogP contribution in [-0.2, 0) is 0 Å². The van der Waals surface area contributed by atoms with Crippen LogP contribution in [-0.4, -0.2) is 9.97 Å². The molecule has 0 radical (unpaired) electrons. The first kappa shape index (κ1) is 13.0. The largest absolute Gasteiger partial charge is 0.394 e. The van der Waals surface area contributed by atoms with Crippen molar-refractivity contribution in [3.8, 4) is 0 Å². The molecule has 3 N–H and O–H groups in total. The molecule has 4 nitrogen and oxygen atoms in total. The van der Waals surface area contributed by atoms with E-state index in [1.54, 1.807) is 13.0 Å². The highest BCUT2D eigenvalue weighted by atomic mass is 79.9. The van der Waals surface area contributed by atoms with E-state index in [9.17, 15) is 4.39 Å². The third kappa shape index (κ3) is 2.70. The predicted octanol–water partition coefficient (Wildman–Crippen LogP) is 3.67. The van der Waals surface area contributed by atoms with Gasteiger partial charge in [0.15, 0.2) is 5.82 Å². The van der Waals surface area contributed by atoms with Crippen LogP contribution < -0.4 is 11.1 Å². The van der Waals surface area contributed by atoms with Gasteiger partial charge >= 0.3 is 0 Å². The van der Waals surface area contributed by atoms with Crippen molar-refractivity contribution >= 4 is 44.7 Å². The first-order valence-electron chi connectivity index (χ1n) is 4.99. The van der Waals surface area contributed by atoms with Gasteiger partial charge in [-0.15, -0.1) is 0 Å². The van der Waals surface area contributed by atoms with Gasteiger partial charge in [-0.05, 0) is 52.7 Å². The average Bonchev–Trinajstić information content (AvgIpc) is 2.30. The normalized spacial score (nSPS) is 10.4. The summed E-state index contributed by atoms with van der Waals surface area (Å²) in [5.74, 6) is -0.0186. The monoisotopic (exact) mass is 330 g/mol. The smallest absolute Gasteiger partial charge is 0.224 e. The van der Waals surface area contributed by atoms with Gasteiger partial charge in [-0.2, -0.15) is 4.98 Å². The summed E-state index contributed by atoms with van der Waals surface area (Å²) in [5.41, 5.74) is 7.27. The zero-order valence-electron chi connectivity index (χ0n) is 9.34. The van der Waals surface area contributed by atoms with E-state index in [0.717, 1.165) is 0 Å². The lowest BCUT2D eigenvalue weighted by Gasteiger charge is -2.11. The number of nitrogens with one attached hydrogen (secondary N) is 1. The van der Waals surface area contributed by atoms with Crippen molar-refractivity contribution in [3.63, 3.8) is 0 Å². The topological polar surface area (TPSA) is 63.8 Å². The van der Waals surface area contributed by atoms with Crippen molar-refractivity contribution in [3.05, 3.63) is 39.5 Å². The van der Waals surface area contributed by atoms with Crippen LogP contribution in [0.5, 0.6) is 0 Å². The van der Waals surface area contributed by atoms with Gasteiger partial charge in [0.1, 0.15) is 5.82 Å². The van der Waals surface area contributed by atoms with Gasteiger partial charge in [-0.1, -0.05) is 0 Å². The van der Waals surface area contributed by atoms with Crippen LogP contribution in [0.2, 0.25) is 5.28 Å². The summed E-state index contributed by atoms with van der Waals surface area (Å²) in [5, 5.41) is 3.00. The summed E-state index contributed by atoms with van der Waals surface area (Å²) in [7, 11) is 0. The Balaban J connectivity index is 2.43. The van der Waals surface area contributed by atoms with Crippen LogP contribution >= 0.6 is 27.5 Å². The van der Waals surface area contributed by atoms with Gasteiger partial charge in [0, 0.05) is 4.47 Å². The third-order valence-corrected chi connectivity index (χ3v) is 3.15. The number of nitrogens with zero attached hydrogens (tertiary/aromatic N) is 2. The SMILES string of the molecule is Cc1nc(Cl)nc(Nc2cc(F)ccc2Br)c1N. The summed E-state index contributed by atoms with van der Waals surface area (Å²) in [4.78, 5) is 7.89. The zero-order chi connectivity index (χ0) is 13.3. The minimum Gasteiger partial charge on any atom is -0.394 e. The molecule has 0 unspecified atom stereocenters. The maximum Gasteiger partial charge on any atom is 0.224 e. The highest BCUT2D eigenvalue weighted by Crippen LogP contribution is 2.29. The third-order valence-electron chi connectivity index (χ3n) is 2.29. The molecule has 0 saturated heterocycles. The molecule has 0 aliphatic carbocycles. The van der Waals surface area contributed by atoms with E-state index in [1.807, 2.05) is 0 Å². The van der Waals surface area contributed by atoms with E-state index < -0.39 is 0 Å². The second-order valence-corrected chi connectivity index (χ2v) is 4.78. The van der Waals surface area contributed by atoms with Crippen molar-refractivity contribution in [2.45, 2.75) is 6.92 Å². The highest BCUT2D eigenvalue weighted by Gasteiger charge is 2.10. The highest BCUT2D eigenvalue weighted by molar-refractivity contribution is 9.10. The number of anilines is 3. The van der Waals surface area contributed by atoms with Gasteiger partial charge in [0.2, 0.25) is 5.28 Å². The molecule has 1 aromatic carbocycles. The van der Waals surface area contributed by atoms with Gasteiger partial charge in [0.25, 0.3) is 0 Å². The first-order chi connectivity index (χ1) is 8.47. The fourth-order valence-electron chi connectivity index (χ4n) is 1.36. The van der Waals surface area contributed by atoms with Crippen molar-refractivity contribution in [2.24, 2.45) is 0 Å². The minimum absolute atomic E-state index is 0.0803. The Morgan fingerprint density at radius 1 is 1.39 bits per heavy atom. The number of nitrogen functional groups attached to an aromatic ring is 1. The van der Waals surface area contributed by atoms with Crippen molar-refractivity contribution in [1.82, 2.24) is 9.97 Å². The van der Waals surface area contributed by atoms with Gasteiger partial charge in [-0.25, -0.2) is 9.37 Å². The lowest BCUT2D eigenvalue weighted by molar-refractivity contribution is 0.628. The summed E-state index contributed by atoms with van der Waals surface area (Å²) in [6.45, 7) is 1.72. The predicted molar refractivity (Wildman–Crippen MR) is 73.6 cm³/mol. The van der Waals surface area contributed by atoms with Crippen molar-refractivity contribution in [2.75, 3.05) is 11.1 Å². The van der Waals surface area contributed by atoms with Crippen LogP contribution in [0, 0.1) is 12.7 Å². The van der Waals surface area contributed by atoms with E-state index in [0.29, 0.717) is 27.4 Å². The fraction of sp³-hybridized carbons (Fsp3) is 0.0909. The molecule has 7 heteroatoms. The number of hydrogen-bond acceptors (Lipinski definition) is 4. The summed E-state index contributed by atoms with van der Waals surface area (Å²) >= 11 is 9.06. The Morgan fingerprint density at radius 2 is 2.11 bits per heavy atom. The number of benzene rings is 1. The molecule has 0 saturated carbocycles. The molecule has 0 spiro atoms. The zero-order valence-corrected chi connectivity index (χ0v) is 11.7. The van der Waals surface area contributed by atoms with E-state index in [-0.39, 0.29) is 11.1 Å². The van der Waals surface area contributed by atoms with Gasteiger partial charge in [-0.3, -0.25) is 0 Å². The molecule has 18 heavy (non-hydrogen) atoms. The minimum atomic E-state index is -0.365. The van der Waals surface area contributed by atoms with Crippen molar-refractivity contribution in [1.29, 1.82) is 0 Å². The van der Waals surface area contributed by atoms with E-state index in [1.165, 1.54) is 12.1 Å². The van der Waals surface area contributed by atoms with Crippen LogP contribution in [0.4, 0.5) is 21.6 Å². The maximum atomic E-state index is 13.2. The Bertz CT molecular complexity index is 606. The Kier molecular flexibility index (Phi) is 3.68. The van der Waals surface area contributed by atoms with E-state index in [4.69, 9.17) is 17.3 Å². The van der Waals surface area contributed by atoms with Gasteiger partial charge < -0.3 is 11.1 Å². The van der Waals surface area contributed by atoms with E-state index in [2.05, 4.69) is 31.2 Å². The van der Waals surface area contributed by atoms with Gasteiger partial charge in [0.05, 0.1) is 17.1 Å². The molecule has 0 bridgehead atoms. The molecule has 1 heterocycles. The standard InChI is InChI=1S/C11H9BrClFN4/c1-5-9(15)10(18-11(13)16-5)17-8-4-6(14)2-3-7(8)12/h2-4H,15H2,1H3,(H,16,17,18). The first-order valence-corrected chi connectivity index (χ1v) is 6.16. The molecule has 94 valence electrons. The fourth-order valence-corrected chi connectivity index (χ4v) is 1.92. The second kappa shape index (κ2) is 5.07. The summed E-state index contributed by atoms with van der Waals surface area (Å²) in [6.07, 6.45) is 0. The number of nitrogens with two attached hydrogens (primary N) is 1. The number of halogens is 3. The molecule has 1 aromatic heterocycles. The average molecular weight is 332 g/mol. The Labute approximate surface area is 117 Å². The molecular formula is C11H9BrClFN4. The molecule has 0 atom stereocenters. The lowest BCUT2D eigenvalue weighted by atomic mass is 10.3. The Hall–Kier alpha value is -1.40.